The second-order valence-electron chi connectivity index (χ2n) is 10.0. The van der Waals surface area contributed by atoms with E-state index in [4.69, 9.17) is 18.9 Å². The van der Waals surface area contributed by atoms with Gasteiger partial charge in [0.25, 0.3) is 16.8 Å². The molecule has 0 unspecified atom stereocenters. The van der Waals surface area contributed by atoms with Crippen molar-refractivity contribution in [2.75, 3.05) is 27.9 Å². The van der Waals surface area contributed by atoms with Crippen LogP contribution in [0.3, 0.4) is 0 Å². The zero-order chi connectivity index (χ0) is 34.0. The summed E-state index contributed by atoms with van der Waals surface area (Å²) in [4.78, 5) is 63.2. The number of thiazole rings is 1. The number of aromatic amines is 1. The smallest absolute Gasteiger partial charge is 0.338 e. The van der Waals surface area contributed by atoms with Crippen molar-refractivity contribution in [2.45, 2.75) is 36.9 Å². The van der Waals surface area contributed by atoms with E-state index in [1.807, 2.05) is 0 Å². The number of methoxy groups -OCH3 is 3. The Balaban J connectivity index is 1.76. The normalized spacial score (nSPS) is 14.3. The monoisotopic (exact) mass is 679 g/mol. The zero-order valence-corrected chi connectivity index (χ0v) is 27.7. The number of esters is 1. The van der Waals surface area contributed by atoms with Crippen LogP contribution in [-0.2, 0) is 9.53 Å². The number of nitrogens with zero attached hydrogens (tertiary/aromatic N) is 4. The molecule has 0 radical (unpaired) electrons. The average Bonchev–Trinajstić information content (AvgIpc) is 3.33. The highest BCUT2D eigenvalue weighted by atomic mass is 32.2. The first kappa shape index (κ1) is 33.2. The van der Waals surface area contributed by atoms with Gasteiger partial charge in [-0.3, -0.25) is 24.3 Å². The number of ether oxygens (including phenoxy) is 4. The number of rotatable bonds is 10. The summed E-state index contributed by atoms with van der Waals surface area (Å²) in [7, 11) is 4.37. The molecule has 16 heteroatoms. The van der Waals surface area contributed by atoms with Crippen molar-refractivity contribution in [1.29, 1.82) is 0 Å². The summed E-state index contributed by atoms with van der Waals surface area (Å²) in [5, 5.41) is 12.0. The Morgan fingerprint density at radius 3 is 2.40 bits per heavy atom. The minimum Gasteiger partial charge on any atom is -0.493 e. The van der Waals surface area contributed by atoms with E-state index >= 15 is 0 Å². The van der Waals surface area contributed by atoms with E-state index in [1.54, 1.807) is 32.9 Å². The van der Waals surface area contributed by atoms with E-state index in [0.717, 1.165) is 23.1 Å². The van der Waals surface area contributed by atoms with Gasteiger partial charge in [-0.2, -0.15) is 0 Å². The molecular formula is C31H29N5O9S2. The molecule has 3 heterocycles. The van der Waals surface area contributed by atoms with Gasteiger partial charge in [-0.05, 0) is 56.2 Å². The molecular weight excluding hydrogens is 651 g/mol. The quantitative estimate of drug-likeness (QED) is 0.113. The molecule has 244 valence electrons. The molecule has 0 fully saturated rings. The summed E-state index contributed by atoms with van der Waals surface area (Å²) in [6.45, 7) is 5.09. The summed E-state index contributed by atoms with van der Waals surface area (Å²) >= 11 is 2.13. The summed E-state index contributed by atoms with van der Waals surface area (Å²) < 4.78 is 23.5. The van der Waals surface area contributed by atoms with Crippen LogP contribution in [0.15, 0.2) is 72.3 Å². The highest BCUT2D eigenvalue weighted by molar-refractivity contribution is 7.99. The average molecular weight is 680 g/mol. The summed E-state index contributed by atoms with van der Waals surface area (Å²) in [5.74, 6) is 0.286. The first-order chi connectivity index (χ1) is 22.5. The predicted molar refractivity (Wildman–Crippen MR) is 173 cm³/mol. The number of allylic oxidation sites excluding steroid dienone is 1. The number of non-ortho nitro benzene ring substituents is 1. The Bertz CT molecular complexity index is 2160. The van der Waals surface area contributed by atoms with Crippen LogP contribution in [0.2, 0.25) is 0 Å². The number of nitro groups is 1. The Hall–Kier alpha value is -5.22. The number of nitro benzene ring substituents is 1. The molecule has 4 aromatic rings. The van der Waals surface area contributed by atoms with Gasteiger partial charge < -0.3 is 23.9 Å². The topological polar surface area (TPSA) is 177 Å². The Morgan fingerprint density at radius 2 is 1.81 bits per heavy atom. The van der Waals surface area contributed by atoms with Crippen molar-refractivity contribution in [3.8, 4) is 17.2 Å². The SMILES string of the molecule is CCOC(=O)C1=C(C)N=c2s/c(=C/c3cc([N+](=O)[O-])ccc3Sc3nc(C)cc(=O)[nH]3)c(=O)n2[C@H]1c1cc(OC)c(OC)c(OC)c1. The van der Waals surface area contributed by atoms with Crippen molar-refractivity contribution < 1.29 is 28.7 Å². The van der Waals surface area contributed by atoms with Crippen molar-refractivity contribution in [2.24, 2.45) is 4.99 Å². The van der Waals surface area contributed by atoms with Gasteiger partial charge in [0, 0.05) is 28.8 Å². The van der Waals surface area contributed by atoms with Crippen LogP contribution in [0, 0.1) is 17.0 Å². The molecule has 0 saturated heterocycles. The first-order valence-electron chi connectivity index (χ1n) is 14.0. The van der Waals surface area contributed by atoms with Gasteiger partial charge in [0.2, 0.25) is 5.75 Å². The fourth-order valence-electron chi connectivity index (χ4n) is 5.07. The van der Waals surface area contributed by atoms with E-state index in [0.29, 0.717) is 44.7 Å². The van der Waals surface area contributed by atoms with Crippen LogP contribution >= 0.6 is 23.1 Å². The molecule has 1 aliphatic rings. The molecule has 1 N–H and O–H groups in total. The number of carbonyl (C=O) groups is 1. The largest absolute Gasteiger partial charge is 0.493 e. The molecule has 0 bridgehead atoms. The first-order valence-corrected chi connectivity index (χ1v) is 15.7. The number of hydrogen-bond acceptors (Lipinski definition) is 13. The van der Waals surface area contributed by atoms with E-state index in [2.05, 4.69) is 15.0 Å². The van der Waals surface area contributed by atoms with Gasteiger partial charge in [-0.15, -0.1) is 0 Å². The lowest BCUT2D eigenvalue weighted by Gasteiger charge is -2.26. The zero-order valence-electron chi connectivity index (χ0n) is 26.1. The number of aromatic nitrogens is 3. The van der Waals surface area contributed by atoms with Crippen LogP contribution < -0.4 is 34.7 Å². The lowest BCUT2D eigenvalue weighted by atomic mass is 9.95. The van der Waals surface area contributed by atoms with E-state index in [1.165, 1.54) is 56.2 Å². The maximum Gasteiger partial charge on any atom is 0.338 e. The third kappa shape index (κ3) is 6.55. The minimum absolute atomic E-state index is 0.0936. The fraction of sp³-hybridized carbons (Fsp3) is 0.258. The van der Waals surface area contributed by atoms with Crippen molar-refractivity contribution in [3.05, 3.63) is 105 Å². The molecule has 47 heavy (non-hydrogen) atoms. The number of hydrogen-bond donors (Lipinski definition) is 1. The number of H-pyrrole nitrogens is 1. The standard InChI is InChI=1S/C31H29N5O9S2/c1-7-45-29(39)25-16(3)33-31-35(26(25)18-12-20(42-4)27(44-6)21(13-18)43-5)28(38)23(47-31)14-17-11-19(36(40)41)8-9-22(17)46-30-32-15(2)10-24(37)34-30/h8-14,26H,7H2,1-6H3,(H,32,34,37)/b23-14+/t26-/m0/s1. The van der Waals surface area contributed by atoms with Gasteiger partial charge >= 0.3 is 5.97 Å². The highest BCUT2D eigenvalue weighted by Gasteiger charge is 2.35. The number of nitrogens with one attached hydrogen (secondary N) is 1. The number of benzene rings is 2. The van der Waals surface area contributed by atoms with Gasteiger partial charge in [-0.1, -0.05) is 23.1 Å². The molecule has 0 spiro atoms. The van der Waals surface area contributed by atoms with Crippen LogP contribution in [0.5, 0.6) is 17.2 Å². The number of aryl methyl sites for hydroxylation is 1. The molecule has 1 atom stereocenters. The third-order valence-corrected chi connectivity index (χ3v) is 9.03. The molecule has 5 rings (SSSR count). The van der Waals surface area contributed by atoms with Gasteiger partial charge in [0.15, 0.2) is 21.5 Å². The summed E-state index contributed by atoms with van der Waals surface area (Å²) in [6, 6.07) is 7.82. The highest BCUT2D eigenvalue weighted by Crippen LogP contribution is 2.42. The number of carbonyl (C=O) groups excluding carboxylic acids is 1. The number of fused-ring (bicyclic) bond motifs is 1. The fourth-order valence-corrected chi connectivity index (χ4v) is 7.03. The Morgan fingerprint density at radius 1 is 1.11 bits per heavy atom. The molecule has 0 saturated carbocycles. The third-order valence-electron chi connectivity index (χ3n) is 7.07. The van der Waals surface area contributed by atoms with Crippen LogP contribution in [-0.4, -0.2) is 53.4 Å². The summed E-state index contributed by atoms with van der Waals surface area (Å²) in [5.41, 5.74) is 0.720. The molecule has 1 aliphatic heterocycles. The minimum atomic E-state index is -0.998. The molecule has 2 aromatic heterocycles. The lowest BCUT2D eigenvalue weighted by Crippen LogP contribution is -2.40. The van der Waals surface area contributed by atoms with Gasteiger partial charge in [0.1, 0.15) is 0 Å². The maximum absolute atomic E-state index is 14.3. The van der Waals surface area contributed by atoms with Crippen molar-refractivity contribution >= 4 is 40.8 Å². The maximum atomic E-state index is 14.3. The van der Waals surface area contributed by atoms with Crippen molar-refractivity contribution in [3.63, 3.8) is 0 Å². The van der Waals surface area contributed by atoms with Gasteiger partial charge in [-0.25, -0.2) is 14.8 Å². The van der Waals surface area contributed by atoms with Gasteiger partial charge in [0.05, 0.1) is 54.7 Å². The van der Waals surface area contributed by atoms with Crippen LogP contribution in [0.1, 0.15) is 36.7 Å². The van der Waals surface area contributed by atoms with E-state index in [9.17, 15) is 24.5 Å². The molecule has 0 aliphatic carbocycles. The second-order valence-corrected chi connectivity index (χ2v) is 12.1. The molecule has 0 amide bonds. The Labute approximate surface area is 275 Å². The van der Waals surface area contributed by atoms with E-state index in [-0.39, 0.29) is 37.9 Å². The molecule has 2 aromatic carbocycles. The van der Waals surface area contributed by atoms with Crippen LogP contribution in [0.4, 0.5) is 5.69 Å². The Kier molecular flexibility index (Phi) is 9.62. The van der Waals surface area contributed by atoms with E-state index < -0.39 is 22.5 Å². The lowest BCUT2D eigenvalue weighted by molar-refractivity contribution is -0.384. The molecule has 14 nitrogen and oxygen atoms in total. The summed E-state index contributed by atoms with van der Waals surface area (Å²) in [6.07, 6.45) is 1.52. The van der Waals surface area contributed by atoms with Crippen LogP contribution in [0.25, 0.3) is 6.08 Å². The second kappa shape index (κ2) is 13.6. The predicted octanol–water partition coefficient (Wildman–Crippen LogP) is 3.28. The van der Waals surface area contributed by atoms with Crippen molar-refractivity contribution in [1.82, 2.24) is 14.5 Å².